The number of anilines is 1. The summed E-state index contributed by atoms with van der Waals surface area (Å²) in [4.78, 5) is 0. The lowest BCUT2D eigenvalue weighted by atomic mass is 10.2. The van der Waals surface area contributed by atoms with Gasteiger partial charge in [0.1, 0.15) is 6.61 Å². The Morgan fingerprint density at radius 2 is 1.75 bits per heavy atom. The topological polar surface area (TPSA) is 21.3 Å². The molecule has 0 aliphatic heterocycles. The smallest absolute Gasteiger partial charge is 0.156 e. The zero-order valence-corrected chi connectivity index (χ0v) is 13.2. The highest BCUT2D eigenvalue weighted by molar-refractivity contribution is 6.40. The summed E-state index contributed by atoms with van der Waals surface area (Å²) in [5, 5.41) is 4.59. The van der Waals surface area contributed by atoms with E-state index in [9.17, 15) is 0 Å². The van der Waals surface area contributed by atoms with Crippen LogP contribution in [0, 0.1) is 6.92 Å². The van der Waals surface area contributed by atoms with E-state index in [4.69, 9.17) is 39.5 Å². The Balaban J connectivity index is 1.88. The van der Waals surface area contributed by atoms with Gasteiger partial charge in [0, 0.05) is 17.3 Å². The van der Waals surface area contributed by atoms with Gasteiger partial charge in [-0.15, -0.1) is 0 Å². The third kappa shape index (κ3) is 4.20. The maximum Gasteiger partial charge on any atom is 0.156 e. The zero-order valence-electron chi connectivity index (χ0n) is 10.9. The number of hydrogen-bond donors (Lipinski definition) is 1. The minimum atomic E-state index is 0.415. The van der Waals surface area contributed by atoms with Gasteiger partial charge >= 0.3 is 0 Å². The molecule has 0 aliphatic rings. The van der Waals surface area contributed by atoms with Gasteiger partial charge in [0.2, 0.25) is 0 Å². The molecule has 0 aliphatic carbocycles. The molecule has 0 spiro atoms. The number of ether oxygens (including phenoxy) is 1. The summed E-state index contributed by atoms with van der Waals surface area (Å²) in [6.45, 7) is 3.16. The zero-order chi connectivity index (χ0) is 14.5. The second-order valence-electron chi connectivity index (χ2n) is 4.34. The number of nitrogens with one attached hydrogen (secondary N) is 1. The third-order valence-corrected chi connectivity index (χ3v) is 3.44. The first-order valence-corrected chi connectivity index (χ1v) is 7.27. The van der Waals surface area contributed by atoms with Crippen molar-refractivity contribution in [1.29, 1.82) is 0 Å². The van der Waals surface area contributed by atoms with Crippen molar-refractivity contribution in [2.75, 3.05) is 18.5 Å². The Morgan fingerprint density at radius 1 is 1.05 bits per heavy atom. The first-order chi connectivity index (χ1) is 9.56. The van der Waals surface area contributed by atoms with Gasteiger partial charge in [-0.1, -0.05) is 46.9 Å². The molecule has 2 aromatic carbocycles. The van der Waals surface area contributed by atoms with Crippen LogP contribution < -0.4 is 10.1 Å². The molecule has 0 saturated heterocycles. The van der Waals surface area contributed by atoms with Crippen molar-refractivity contribution < 1.29 is 4.74 Å². The molecular weight excluding hydrogens is 317 g/mol. The molecule has 1 N–H and O–H groups in total. The van der Waals surface area contributed by atoms with Crippen LogP contribution in [0.25, 0.3) is 0 Å². The maximum atomic E-state index is 6.04. The van der Waals surface area contributed by atoms with Crippen LogP contribution in [0.1, 0.15) is 5.56 Å². The number of aryl methyl sites for hydroxylation is 1. The van der Waals surface area contributed by atoms with Gasteiger partial charge in [-0.2, -0.15) is 0 Å². The third-order valence-electron chi connectivity index (χ3n) is 2.66. The van der Waals surface area contributed by atoms with Crippen molar-refractivity contribution in [2.24, 2.45) is 0 Å². The van der Waals surface area contributed by atoms with Crippen LogP contribution in [0.15, 0.2) is 36.4 Å². The number of benzene rings is 2. The van der Waals surface area contributed by atoms with Crippen molar-refractivity contribution in [3.05, 3.63) is 57.0 Å². The van der Waals surface area contributed by atoms with Crippen LogP contribution in [-0.2, 0) is 0 Å². The monoisotopic (exact) mass is 329 g/mol. The largest absolute Gasteiger partial charge is 0.489 e. The summed E-state index contributed by atoms with van der Waals surface area (Å²) < 4.78 is 5.59. The summed E-state index contributed by atoms with van der Waals surface area (Å²) >= 11 is 17.9. The van der Waals surface area contributed by atoms with E-state index in [1.54, 1.807) is 12.1 Å². The first-order valence-electron chi connectivity index (χ1n) is 6.14. The van der Waals surface area contributed by atoms with Gasteiger partial charge in [0.05, 0.1) is 10.0 Å². The Hall–Kier alpha value is -1.09. The molecule has 0 atom stereocenters. The van der Waals surface area contributed by atoms with Crippen LogP contribution in [-0.4, -0.2) is 13.2 Å². The van der Waals surface area contributed by atoms with E-state index in [1.165, 1.54) is 5.56 Å². The molecule has 5 heteroatoms. The standard InChI is InChI=1S/C15H14Cl3NO/c1-10-3-2-4-12(7-10)19-5-6-20-15-13(17)8-11(16)9-14(15)18/h2-4,7-9,19H,5-6H2,1H3. The second kappa shape index (κ2) is 7.07. The SMILES string of the molecule is Cc1cccc(NCCOc2c(Cl)cc(Cl)cc2Cl)c1. The van der Waals surface area contributed by atoms with Crippen molar-refractivity contribution in [3.8, 4) is 5.75 Å². The first kappa shape index (κ1) is 15.3. The summed E-state index contributed by atoms with van der Waals surface area (Å²) in [7, 11) is 0. The molecule has 2 nitrogen and oxygen atoms in total. The second-order valence-corrected chi connectivity index (χ2v) is 5.59. The van der Waals surface area contributed by atoms with E-state index in [0.717, 1.165) is 5.69 Å². The van der Waals surface area contributed by atoms with E-state index >= 15 is 0 Å². The Labute approximate surface area is 133 Å². The van der Waals surface area contributed by atoms with E-state index < -0.39 is 0 Å². The number of rotatable bonds is 5. The lowest BCUT2D eigenvalue weighted by Crippen LogP contribution is -2.11. The molecule has 0 fully saturated rings. The highest BCUT2D eigenvalue weighted by Crippen LogP contribution is 2.35. The van der Waals surface area contributed by atoms with Gasteiger partial charge in [-0.25, -0.2) is 0 Å². The Kier molecular flexibility index (Phi) is 5.41. The quantitative estimate of drug-likeness (QED) is 0.736. The number of hydrogen-bond acceptors (Lipinski definition) is 2. The van der Waals surface area contributed by atoms with Gasteiger partial charge in [0.15, 0.2) is 5.75 Å². The lowest BCUT2D eigenvalue weighted by molar-refractivity contribution is 0.333. The molecule has 20 heavy (non-hydrogen) atoms. The fourth-order valence-electron chi connectivity index (χ4n) is 1.77. The van der Waals surface area contributed by atoms with Gasteiger partial charge in [0.25, 0.3) is 0 Å². The van der Waals surface area contributed by atoms with E-state index in [-0.39, 0.29) is 0 Å². The molecule has 0 amide bonds. The predicted molar refractivity (Wildman–Crippen MR) is 86.6 cm³/mol. The predicted octanol–water partition coefficient (Wildman–Crippen LogP) is 5.45. The molecule has 0 bridgehead atoms. The van der Waals surface area contributed by atoms with Crippen LogP contribution >= 0.6 is 34.8 Å². The highest BCUT2D eigenvalue weighted by atomic mass is 35.5. The average Bonchev–Trinajstić information content (AvgIpc) is 2.36. The molecule has 0 heterocycles. The fourth-order valence-corrected chi connectivity index (χ4v) is 2.70. The van der Waals surface area contributed by atoms with Crippen LogP contribution in [0.4, 0.5) is 5.69 Å². The van der Waals surface area contributed by atoms with Crippen LogP contribution in [0.3, 0.4) is 0 Å². The molecule has 0 unspecified atom stereocenters. The lowest BCUT2D eigenvalue weighted by Gasteiger charge is -2.11. The van der Waals surface area contributed by atoms with Gasteiger partial charge in [-0.3, -0.25) is 0 Å². The summed E-state index contributed by atoms with van der Waals surface area (Å²) in [6, 6.07) is 11.4. The van der Waals surface area contributed by atoms with Gasteiger partial charge in [-0.05, 0) is 36.8 Å². The molecule has 0 saturated carbocycles. The molecule has 2 aromatic rings. The van der Waals surface area contributed by atoms with Gasteiger partial charge < -0.3 is 10.1 Å². The highest BCUT2D eigenvalue weighted by Gasteiger charge is 2.08. The Morgan fingerprint density at radius 3 is 2.40 bits per heavy atom. The minimum Gasteiger partial charge on any atom is -0.489 e. The molecule has 0 radical (unpaired) electrons. The Bertz CT molecular complexity index is 578. The summed E-state index contributed by atoms with van der Waals surface area (Å²) in [5.74, 6) is 0.462. The van der Waals surface area contributed by atoms with Crippen molar-refractivity contribution >= 4 is 40.5 Å². The van der Waals surface area contributed by atoms with Crippen LogP contribution in [0.5, 0.6) is 5.75 Å². The summed E-state index contributed by atoms with van der Waals surface area (Å²) in [5.41, 5.74) is 2.27. The summed E-state index contributed by atoms with van der Waals surface area (Å²) in [6.07, 6.45) is 0. The van der Waals surface area contributed by atoms with Crippen molar-refractivity contribution in [2.45, 2.75) is 6.92 Å². The van der Waals surface area contributed by atoms with E-state index in [1.807, 2.05) is 12.1 Å². The van der Waals surface area contributed by atoms with Crippen molar-refractivity contribution in [3.63, 3.8) is 0 Å². The normalized spacial score (nSPS) is 10.4. The fraction of sp³-hybridized carbons (Fsp3) is 0.200. The van der Waals surface area contributed by atoms with E-state index in [0.29, 0.717) is 34.0 Å². The molecule has 2 rings (SSSR count). The van der Waals surface area contributed by atoms with Crippen molar-refractivity contribution in [1.82, 2.24) is 0 Å². The molecular formula is C15H14Cl3NO. The van der Waals surface area contributed by atoms with Crippen LogP contribution in [0.2, 0.25) is 15.1 Å². The average molecular weight is 331 g/mol. The number of halogens is 3. The molecule has 106 valence electrons. The van der Waals surface area contributed by atoms with E-state index in [2.05, 4.69) is 24.4 Å². The maximum absolute atomic E-state index is 6.04. The minimum absolute atomic E-state index is 0.415. The molecule has 0 aromatic heterocycles.